The summed E-state index contributed by atoms with van der Waals surface area (Å²) in [6, 6.07) is 8.30. The van der Waals surface area contributed by atoms with Gasteiger partial charge in [-0.25, -0.2) is 4.79 Å². The largest absolute Gasteiger partial charge is 0.445 e. The van der Waals surface area contributed by atoms with E-state index in [1.54, 1.807) is 4.90 Å². The highest BCUT2D eigenvalue weighted by molar-refractivity contribution is 5.68. The molecule has 1 amide bonds. The predicted octanol–water partition coefficient (Wildman–Crippen LogP) is 3.75. The molecule has 0 saturated heterocycles. The third-order valence-corrected chi connectivity index (χ3v) is 2.77. The summed E-state index contributed by atoms with van der Waals surface area (Å²) in [6.45, 7) is 10.3. The number of ether oxygens (including phenoxy) is 1. The van der Waals surface area contributed by atoms with Crippen LogP contribution in [-0.4, -0.2) is 23.1 Å². The minimum atomic E-state index is -0.249. The summed E-state index contributed by atoms with van der Waals surface area (Å²) in [5, 5.41) is 0. The fourth-order valence-corrected chi connectivity index (χ4v) is 2.04. The van der Waals surface area contributed by atoms with Crippen LogP contribution in [0.2, 0.25) is 0 Å². The van der Waals surface area contributed by atoms with Crippen molar-refractivity contribution in [3.05, 3.63) is 35.4 Å². The number of aryl methyl sites for hydroxylation is 1. The van der Waals surface area contributed by atoms with Crippen LogP contribution in [0.15, 0.2) is 24.3 Å². The molecule has 0 aliphatic rings. The van der Waals surface area contributed by atoms with E-state index >= 15 is 0 Å². The van der Waals surface area contributed by atoms with Crippen LogP contribution in [0.5, 0.6) is 0 Å². The molecule has 0 bridgehead atoms. The van der Waals surface area contributed by atoms with Gasteiger partial charge in [0.2, 0.25) is 0 Å². The quantitative estimate of drug-likeness (QED) is 0.813. The molecule has 3 nitrogen and oxygen atoms in total. The average Bonchev–Trinajstić information content (AvgIpc) is 2.25. The topological polar surface area (TPSA) is 29.5 Å². The molecule has 100 valence electrons. The molecule has 0 aliphatic carbocycles. The summed E-state index contributed by atoms with van der Waals surface area (Å²) in [5.74, 6) is 0. The van der Waals surface area contributed by atoms with E-state index in [9.17, 15) is 4.79 Å². The minimum absolute atomic E-state index is 0.148. The molecule has 0 unspecified atom stereocenters. The Balaban J connectivity index is 2.60. The Kier molecular flexibility index (Phi) is 5.20. The Morgan fingerprint density at radius 1 is 1.22 bits per heavy atom. The van der Waals surface area contributed by atoms with Gasteiger partial charge in [-0.3, -0.25) is 0 Å². The lowest BCUT2D eigenvalue weighted by Crippen LogP contribution is -2.42. The number of rotatable bonds is 4. The maximum Gasteiger partial charge on any atom is 0.410 e. The van der Waals surface area contributed by atoms with E-state index in [-0.39, 0.29) is 18.2 Å². The van der Waals surface area contributed by atoms with Gasteiger partial charge >= 0.3 is 6.09 Å². The summed E-state index contributed by atoms with van der Waals surface area (Å²) >= 11 is 0. The van der Waals surface area contributed by atoms with Gasteiger partial charge in [-0.15, -0.1) is 0 Å². The van der Waals surface area contributed by atoms with Crippen molar-refractivity contribution in [2.24, 2.45) is 0 Å². The number of nitrogens with zero attached hydrogens (tertiary/aromatic N) is 1. The summed E-state index contributed by atoms with van der Waals surface area (Å²) < 4.78 is 5.35. The monoisotopic (exact) mass is 249 g/mol. The summed E-state index contributed by atoms with van der Waals surface area (Å²) in [7, 11) is 0. The van der Waals surface area contributed by atoms with Crippen LogP contribution in [-0.2, 0) is 11.3 Å². The molecule has 0 spiro atoms. The molecule has 3 heteroatoms. The van der Waals surface area contributed by atoms with Gasteiger partial charge < -0.3 is 9.64 Å². The lowest BCUT2D eigenvalue weighted by Gasteiger charge is -2.29. The number of hydrogen-bond donors (Lipinski definition) is 0. The first-order valence-electron chi connectivity index (χ1n) is 6.42. The SMILES string of the molecule is Cc1cccc(COC(=O)N(C(C)C)C(C)C)c1. The molecule has 18 heavy (non-hydrogen) atoms. The third-order valence-electron chi connectivity index (χ3n) is 2.77. The molecule has 0 atom stereocenters. The van der Waals surface area contributed by atoms with Crippen molar-refractivity contribution in [3.8, 4) is 0 Å². The fraction of sp³-hybridized carbons (Fsp3) is 0.533. The van der Waals surface area contributed by atoms with Crippen molar-refractivity contribution in [1.82, 2.24) is 4.90 Å². The Morgan fingerprint density at radius 3 is 2.33 bits per heavy atom. The summed E-state index contributed by atoms with van der Waals surface area (Å²) in [6.07, 6.45) is -0.249. The lowest BCUT2D eigenvalue weighted by atomic mass is 10.1. The Bertz CT molecular complexity index is 391. The second-order valence-corrected chi connectivity index (χ2v) is 5.14. The van der Waals surface area contributed by atoms with Crippen molar-refractivity contribution in [2.45, 2.75) is 53.3 Å². The van der Waals surface area contributed by atoms with Gasteiger partial charge in [-0.1, -0.05) is 29.8 Å². The highest BCUT2D eigenvalue weighted by Gasteiger charge is 2.21. The first-order chi connectivity index (χ1) is 8.41. The highest BCUT2D eigenvalue weighted by atomic mass is 16.6. The zero-order valence-electron chi connectivity index (χ0n) is 11.9. The molecule has 1 aromatic rings. The Morgan fingerprint density at radius 2 is 1.83 bits per heavy atom. The van der Waals surface area contributed by atoms with E-state index in [0.29, 0.717) is 6.61 Å². The summed E-state index contributed by atoms with van der Waals surface area (Å²) in [5.41, 5.74) is 2.20. The van der Waals surface area contributed by atoms with Gasteiger partial charge in [0.15, 0.2) is 0 Å². The Hall–Kier alpha value is -1.51. The maximum absolute atomic E-state index is 12.0. The fourth-order valence-electron chi connectivity index (χ4n) is 2.04. The van der Waals surface area contributed by atoms with E-state index in [1.807, 2.05) is 58.9 Å². The van der Waals surface area contributed by atoms with E-state index in [2.05, 4.69) is 0 Å². The molecule has 0 aliphatic heterocycles. The normalized spacial score (nSPS) is 10.8. The number of benzene rings is 1. The standard InChI is InChI=1S/C15H23NO2/c1-11(2)16(12(3)4)15(17)18-10-14-8-6-7-13(5)9-14/h6-9,11-12H,10H2,1-5H3. The molecular weight excluding hydrogens is 226 g/mol. The second kappa shape index (κ2) is 6.43. The average molecular weight is 249 g/mol. The lowest BCUT2D eigenvalue weighted by molar-refractivity contribution is 0.0738. The first-order valence-corrected chi connectivity index (χ1v) is 6.42. The van der Waals surface area contributed by atoms with Crippen LogP contribution >= 0.6 is 0 Å². The molecule has 0 radical (unpaired) electrons. The van der Waals surface area contributed by atoms with E-state index < -0.39 is 0 Å². The highest BCUT2D eigenvalue weighted by Crippen LogP contribution is 2.10. The zero-order chi connectivity index (χ0) is 13.7. The van der Waals surface area contributed by atoms with E-state index in [0.717, 1.165) is 5.56 Å². The second-order valence-electron chi connectivity index (χ2n) is 5.14. The van der Waals surface area contributed by atoms with Crippen molar-refractivity contribution in [2.75, 3.05) is 0 Å². The molecule has 1 rings (SSSR count). The molecule has 1 aromatic carbocycles. The van der Waals surface area contributed by atoms with Gasteiger partial charge in [0, 0.05) is 12.1 Å². The Labute approximate surface area is 110 Å². The molecular formula is C15H23NO2. The van der Waals surface area contributed by atoms with Gasteiger partial charge in [-0.05, 0) is 40.2 Å². The summed E-state index contributed by atoms with van der Waals surface area (Å²) in [4.78, 5) is 13.7. The van der Waals surface area contributed by atoms with Crippen LogP contribution in [0.1, 0.15) is 38.8 Å². The first kappa shape index (κ1) is 14.6. The number of hydrogen-bond acceptors (Lipinski definition) is 2. The van der Waals surface area contributed by atoms with Gasteiger partial charge in [0.25, 0.3) is 0 Å². The molecule has 0 fully saturated rings. The van der Waals surface area contributed by atoms with Gasteiger partial charge in [-0.2, -0.15) is 0 Å². The molecule has 0 N–H and O–H groups in total. The number of carbonyl (C=O) groups is 1. The van der Waals surface area contributed by atoms with Gasteiger partial charge in [0.1, 0.15) is 6.61 Å². The number of amides is 1. The van der Waals surface area contributed by atoms with Crippen LogP contribution in [0.3, 0.4) is 0 Å². The van der Waals surface area contributed by atoms with Crippen molar-refractivity contribution in [3.63, 3.8) is 0 Å². The zero-order valence-corrected chi connectivity index (χ0v) is 11.9. The van der Waals surface area contributed by atoms with Crippen LogP contribution < -0.4 is 0 Å². The third kappa shape index (κ3) is 4.06. The van der Waals surface area contributed by atoms with Crippen LogP contribution in [0.25, 0.3) is 0 Å². The van der Waals surface area contributed by atoms with Crippen LogP contribution in [0.4, 0.5) is 4.79 Å². The molecule has 0 aromatic heterocycles. The van der Waals surface area contributed by atoms with E-state index in [4.69, 9.17) is 4.74 Å². The molecule has 0 saturated carbocycles. The predicted molar refractivity (Wildman–Crippen MR) is 73.5 cm³/mol. The van der Waals surface area contributed by atoms with E-state index in [1.165, 1.54) is 5.56 Å². The smallest absolute Gasteiger partial charge is 0.410 e. The van der Waals surface area contributed by atoms with Crippen LogP contribution in [0, 0.1) is 6.92 Å². The molecule has 0 heterocycles. The van der Waals surface area contributed by atoms with Crippen molar-refractivity contribution >= 4 is 6.09 Å². The number of carbonyl (C=O) groups excluding carboxylic acids is 1. The van der Waals surface area contributed by atoms with Gasteiger partial charge in [0.05, 0.1) is 0 Å². The van der Waals surface area contributed by atoms with Crippen molar-refractivity contribution < 1.29 is 9.53 Å². The minimum Gasteiger partial charge on any atom is -0.445 e. The van der Waals surface area contributed by atoms with Crippen molar-refractivity contribution in [1.29, 1.82) is 0 Å². The maximum atomic E-state index is 12.0.